The molecule has 196 valence electrons. The molecule has 5 rings (SSSR count). The van der Waals surface area contributed by atoms with Crippen molar-refractivity contribution >= 4 is 11.8 Å². The third-order valence-electron chi connectivity index (χ3n) is 6.17. The summed E-state index contributed by atoms with van der Waals surface area (Å²) < 4.78 is 22.3. The number of carbonyl (C=O) groups excluding carboxylic acids is 2. The van der Waals surface area contributed by atoms with E-state index in [1.54, 1.807) is 30.4 Å². The molecule has 2 aliphatic rings. The van der Waals surface area contributed by atoms with Crippen molar-refractivity contribution in [2.75, 3.05) is 13.4 Å². The van der Waals surface area contributed by atoms with Crippen molar-refractivity contribution in [3.63, 3.8) is 0 Å². The third-order valence-corrected chi connectivity index (χ3v) is 6.17. The topological polar surface area (TPSA) is 115 Å². The van der Waals surface area contributed by atoms with Gasteiger partial charge in [-0.15, -0.1) is 0 Å². The van der Waals surface area contributed by atoms with E-state index >= 15 is 0 Å². The first-order valence-corrected chi connectivity index (χ1v) is 12.3. The van der Waals surface area contributed by atoms with Gasteiger partial charge in [0.2, 0.25) is 12.7 Å². The fourth-order valence-electron chi connectivity index (χ4n) is 4.16. The van der Waals surface area contributed by atoms with Crippen molar-refractivity contribution < 1.29 is 33.6 Å². The number of hydrogen-bond donors (Lipinski definition) is 3. The molecular formula is C29H28N2O7. The lowest BCUT2D eigenvalue weighted by Gasteiger charge is -2.31. The lowest BCUT2D eigenvalue weighted by molar-refractivity contribution is -0.125. The van der Waals surface area contributed by atoms with Crippen molar-refractivity contribution in [1.29, 1.82) is 0 Å². The summed E-state index contributed by atoms with van der Waals surface area (Å²) in [6.07, 6.45) is 2.36. The standard InChI is InChI=1S/C29H28N2O7/c32-17-27-24(31-29(34)20-8-13-25-26(14-20)36-18-35-25)12-11-23(38-27)15-28(33)30-16-19-6-9-22(10-7-19)37-21-4-2-1-3-5-21/h1-14,23-24,27,32H,15-18H2,(H,30,33)(H,31,34)/t23-,24-,27+/m0/s1. The van der Waals surface area contributed by atoms with Crippen LogP contribution < -0.4 is 24.8 Å². The summed E-state index contributed by atoms with van der Waals surface area (Å²) >= 11 is 0. The minimum Gasteiger partial charge on any atom is -0.457 e. The molecule has 0 fully saturated rings. The van der Waals surface area contributed by atoms with Crippen LogP contribution in [0, 0.1) is 0 Å². The Morgan fingerprint density at radius 1 is 0.921 bits per heavy atom. The summed E-state index contributed by atoms with van der Waals surface area (Å²) in [4.78, 5) is 25.2. The van der Waals surface area contributed by atoms with Crippen molar-refractivity contribution in [3.05, 3.63) is 96.1 Å². The fraction of sp³-hybridized carbons (Fsp3) is 0.241. The maximum atomic E-state index is 12.7. The van der Waals surface area contributed by atoms with Crippen molar-refractivity contribution in [2.24, 2.45) is 0 Å². The van der Waals surface area contributed by atoms with Crippen molar-refractivity contribution in [1.82, 2.24) is 10.6 Å². The average Bonchev–Trinajstić information content (AvgIpc) is 3.42. The van der Waals surface area contributed by atoms with Gasteiger partial charge in [-0.25, -0.2) is 0 Å². The van der Waals surface area contributed by atoms with E-state index in [1.807, 2.05) is 54.6 Å². The summed E-state index contributed by atoms with van der Waals surface area (Å²) in [5.41, 5.74) is 1.33. The number of aliphatic hydroxyl groups excluding tert-OH is 1. The second kappa shape index (κ2) is 11.8. The molecule has 0 radical (unpaired) electrons. The van der Waals surface area contributed by atoms with Crippen LogP contribution in [0.5, 0.6) is 23.0 Å². The first-order chi connectivity index (χ1) is 18.6. The van der Waals surface area contributed by atoms with Gasteiger partial charge in [-0.05, 0) is 48.0 Å². The number of rotatable bonds is 9. The zero-order valence-corrected chi connectivity index (χ0v) is 20.5. The number of fused-ring (bicyclic) bond motifs is 1. The maximum Gasteiger partial charge on any atom is 0.251 e. The van der Waals surface area contributed by atoms with E-state index in [0.717, 1.165) is 11.3 Å². The van der Waals surface area contributed by atoms with Crippen molar-refractivity contribution in [3.8, 4) is 23.0 Å². The smallest absolute Gasteiger partial charge is 0.251 e. The number of aliphatic hydroxyl groups is 1. The van der Waals surface area contributed by atoms with E-state index in [2.05, 4.69) is 10.6 Å². The van der Waals surface area contributed by atoms with Gasteiger partial charge in [-0.3, -0.25) is 9.59 Å². The van der Waals surface area contributed by atoms with Crippen LogP contribution in [0.1, 0.15) is 22.3 Å². The van der Waals surface area contributed by atoms with E-state index in [1.165, 1.54) is 0 Å². The predicted molar refractivity (Wildman–Crippen MR) is 138 cm³/mol. The zero-order chi connectivity index (χ0) is 26.3. The molecular weight excluding hydrogens is 488 g/mol. The number of benzene rings is 3. The van der Waals surface area contributed by atoms with Crippen molar-refractivity contribution in [2.45, 2.75) is 31.2 Å². The minimum absolute atomic E-state index is 0.0883. The molecule has 3 N–H and O–H groups in total. The quantitative estimate of drug-likeness (QED) is 0.374. The summed E-state index contributed by atoms with van der Waals surface area (Å²) in [5.74, 6) is 2.03. The monoisotopic (exact) mass is 516 g/mol. The summed E-state index contributed by atoms with van der Waals surface area (Å²) in [6, 6.07) is 21.4. The largest absolute Gasteiger partial charge is 0.457 e. The van der Waals surface area contributed by atoms with Crippen LogP contribution in [0.4, 0.5) is 0 Å². The lowest BCUT2D eigenvalue weighted by atomic mass is 10.0. The Morgan fingerprint density at radius 2 is 1.68 bits per heavy atom. The first kappa shape index (κ1) is 25.3. The number of hydrogen-bond acceptors (Lipinski definition) is 7. The highest BCUT2D eigenvalue weighted by Gasteiger charge is 2.29. The van der Waals surface area contributed by atoms with E-state index in [9.17, 15) is 14.7 Å². The number of para-hydroxylation sites is 1. The highest BCUT2D eigenvalue weighted by atomic mass is 16.7. The lowest BCUT2D eigenvalue weighted by Crippen LogP contribution is -2.49. The molecule has 38 heavy (non-hydrogen) atoms. The Morgan fingerprint density at radius 3 is 2.47 bits per heavy atom. The van der Waals surface area contributed by atoms with Crippen LogP contribution in [0.2, 0.25) is 0 Å². The Bertz CT molecular complexity index is 1290. The molecule has 0 aromatic heterocycles. The van der Waals surface area contributed by atoms with Crippen LogP contribution in [0.25, 0.3) is 0 Å². The molecule has 0 unspecified atom stereocenters. The van der Waals surface area contributed by atoms with Gasteiger partial charge in [0.15, 0.2) is 11.5 Å². The molecule has 0 saturated heterocycles. The van der Waals surface area contributed by atoms with Gasteiger partial charge in [0.05, 0.1) is 25.2 Å². The van der Waals surface area contributed by atoms with Gasteiger partial charge in [-0.2, -0.15) is 0 Å². The molecule has 3 aromatic carbocycles. The molecule has 3 atom stereocenters. The van der Waals surface area contributed by atoms with Crippen LogP contribution in [0.15, 0.2) is 84.9 Å². The predicted octanol–water partition coefficient (Wildman–Crippen LogP) is 3.33. The number of carbonyl (C=O) groups is 2. The Hall–Kier alpha value is -4.34. The normalized spacial score (nSPS) is 19.6. The number of amides is 2. The SMILES string of the molecule is O=C(C[C@@H]1C=C[C@H](NC(=O)c2ccc3c(c2)OCO3)[C@@H](CO)O1)NCc1ccc(Oc2ccccc2)cc1. The van der Waals surface area contributed by atoms with Gasteiger partial charge in [-0.1, -0.05) is 42.5 Å². The molecule has 0 bridgehead atoms. The number of nitrogens with one attached hydrogen (secondary N) is 2. The Balaban J connectivity index is 1.09. The summed E-state index contributed by atoms with van der Waals surface area (Å²) in [6.45, 7) is 0.168. The highest BCUT2D eigenvalue weighted by molar-refractivity contribution is 5.95. The third kappa shape index (κ3) is 6.31. The van der Waals surface area contributed by atoms with Gasteiger partial charge in [0, 0.05) is 12.1 Å². The molecule has 9 nitrogen and oxygen atoms in total. The molecule has 0 spiro atoms. The second-order valence-corrected chi connectivity index (χ2v) is 8.89. The first-order valence-electron chi connectivity index (χ1n) is 12.3. The van der Waals surface area contributed by atoms with Gasteiger partial charge in [0.25, 0.3) is 5.91 Å². The van der Waals surface area contributed by atoms with Crippen LogP contribution in [-0.4, -0.2) is 48.6 Å². The fourth-order valence-corrected chi connectivity index (χ4v) is 4.16. The van der Waals surface area contributed by atoms with Crippen LogP contribution in [-0.2, 0) is 16.1 Å². The van der Waals surface area contributed by atoms with Gasteiger partial charge >= 0.3 is 0 Å². The maximum absolute atomic E-state index is 12.7. The zero-order valence-electron chi connectivity index (χ0n) is 20.5. The number of ether oxygens (including phenoxy) is 4. The molecule has 3 aromatic rings. The van der Waals surface area contributed by atoms with Gasteiger partial charge < -0.3 is 34.7 Å². The van der Waals surface area contributed by atoms with Gasteiger partial charge in [0.1, 0.15) is 17.6 Å². The van der Waals surface area contributed by atoms with E-state index < -0.39 is 18.2 Å². The van der Waals surface area contributed by atoms with Crippen LogP contribution in [0.3, 0.4) is 0 Å². The van der Waals surface area contributed by atoms with E-state index in [-0.39, 0.29) is 31.6 Å². The summed E-state index contributed by atoms with van der Waals surface area (Å²) in [5, 5.41) is 15.6. The molecule has 2 aliphatic heterocycles. The molecule has 9 heteroatoms. The Kier molecular flexibility index (Phi) is 7.86. The Labute approximate surface area is 220 Å². The minimum atomic E-state index is -0.687. The molecule has 2 amide bonds. The highest BCUT2D eigenvalue weighted by Crippen LogP contribution is 2.32. The molecule has 0 aliphatic carbocycles. The van der Waals surface area contributed by atoms with Crippen LogP contribution >= 0.6 is 0 Å². The summed E-state index contributed by atoms with van der Waals surface area (Å²) in [7, 11) is 0. The molecule has 2 heterocycles. The van der Waals surface area contributed by atoms with E-state index in [0.29, 0.717) is 29.4 Å². The van der Waals surface area contributed by atoms with E-state index in [4.69, 9.17) is 18.9 Å². The average molecular weight is 517 g/mol. The molecule has 0 saturated carbocycles. The second-order valence-electron chi connectivity index (χ2n) is 8.89.